The normalized spacial score (nSPS) is 31.1. The predicted molar refractivity (Wildman–Crippen MR) is 102 cm³/mol. The monoisotopic (exact) mass is 385 g/mol. The summed E-state index contributed by atoms with van der Waals surface area (Å²) >= 11 is 0. The van der Waals surface area contributed by atoms with Crippen LogP contribution in [0.25, 0.3) is 16.7 Å². The van der Waals surface area contributed by atoms with Crippen LogP contribution >= 0.6 is 0 Å². The number of hydrogen-bond acceptors (Lipinski definition) is 4. The minimum Gasteiger partial charge on any atom is -0.345 e. The fourth-order valence-corrected chi connectivity index (χ4v) is 7.12. The van der Waals surface area contributed by atoms with Gasteiger partial charge in [-0.05, 0) is 57.4 Å². The minimum atomic E-state index is -3.15. The standard InChI is InChI=1S/C19H23N5O2S/c25-27(26,14-1-2-14)23-19-7-4-18(5-8-19,6-9-19)17-22-12-13-11-21-16-15(24(13)17)3-10-20-16/h3,10-12,14,20,23H,1-2,4-9H2. The van der Waals surface area contributed by atoms with E-state index in [4.69, 9.17) is 4.98 Å². The molecule has 4 fully saturated rings. The van der Waals surface area contributed by atoms with Crippen LogP contribution in [0.2, 0.25) is 0 Å². The van der Waals surface area contributed by atoms with Gasteiger partial charge in [-0.3, -0.25) is 4.40 Å². The lowest BCUT2D eigenvalue weighted by molar-refractivity contribution is 0.0886. The maximum atomic E-state index is 12.5. The molecule has 3 aromatic heterocycles. The Morgan fingerprint density at radius 3 is 2.48 bits per heavy atom. The summed E-state index contributed by atoms with van der Waals surface area (Å²) in [6.45, 7) is 0. The first kappa shape index (κ1) is 16.1. The van der Waals surface area contributed by atoms with E-state index >= 15 is 0 Å². The zero-order valence-corrected chi connectivity index (χ0v) is 15.9. The quantitative estimate of drug-likeness (QED) is 0.722. The molecule has 8 heteroatoms. The molecule has 0 saturated heterocycles. The molecule has 4 saturated carbocycles. The molecule has 0 atom stereocenters. The van der Waals surface area contributed by atoms with Gasteiger partial charge in [-0.25, -0.2) is 23.1 Å². The first-order valence-corrected chi connectivity index (χ1v) is 11.4. The van der Waals surface area contributed by atoms with Gasteiger partial charge in [0.05, 0.1) is 28.7 Å². The molecule has 4 aliphatic rings. The number of aromatic nitrogens is 4. The highest BCUT2D eigenvalue weighted by Crippen LogP contribution is 2.54. The number of fused-ring (bicyclic) bond motifs is 6. The van der Waals surface area contributed by atoms with Crippen molar-refractivity contribution < 1.29 is 8.42 Å². The lowest BCUT2D eigenvalue weighted by Gasteiger charge is -2.52. The summed E-state index contributed by atoms with van der Waals surface area (Å²) in [4.78, 5) is 12.5. The van der Waals surface area contributed by atoms with Crippen LogP contribution in [0.3, 0.4) is 0 Å². The number of H-pyrrole nitrogens is 1. The number of sulfonamides is 1. The number of aromatic amines is 1. The average molecular weight is 385 g/mol. The Bertz CT molecular complexity index is 1130. The highest BCUT2D eigenvalue weighted by molar-refractivity contribution is 7.90. The molecular weight excluding hydrogens is 362 g/mol. The van der Waals surface area contributed by atoms with Crippen LogP contribution in [-0.2, 0) is 15.4 Å². The Balaban J connectivity index is 1.37. The van der Waals surface area contributed by atoms with Crippen molar-refractivity contribution in [3.8, 4) is 0 Å². The molecule has 142 valence electrons. The molecule has 2 bridgehead atoms. The first-order chi connectivity index (χ1) is 13.0. The molecule has 3 aromatic rings. The van der Waals surface area contributed by atoms with E-state index in [1.165, 1.54) is 0 Å². The lowest BCUT2D eigenvalue weighted by Crippen LogP contribution is -2.58. The number of hydrogen-bond donors (Lipinski definition) is 2. The number of nitrogens with one attached hydrogen (secondary N) is 2. The van der Waals surface area contributed by atoms with Crippen LogP contribution in [0, 0.1) is 0 Å². The third-order valence-electron chi connectivity index (χ3n) is 7.10. The van der Waals surface area contributed by atoms with Gasteiger partial charge in [0.2, 0.25) is 10.0 Å². The van der Waals surface area contributed by atoms with Crippen molar-refractivity contribution in [1.82, 2.24) is 24.1 Å². The van der Waals surface area contributed by atoms with Gasteiger partial charge in [0.15, 0.2) is 5.65 Å². The Morgan fingerprint density at radius 2 is 1.78 bits per heavy atom. The second-order valence-electron chi connectivity index (χ2n) is 8.72. The van der Waals surface area contributed by atoms with Gasteiger partial charge in [-0.1, -0.05) is 0 Å². The second kappa shape index (κ2) is 5.11. The largest absolute Gasteiger partial charge is 0.345 e. The molecule has 7 nitrogen and oxygen atoms in total. The Kier molecular flexibility index (Phi) is 3.04. The Morgan fingerprint density at radius 1 is 1.07 bits per heavy atom. The summed E-state index contributed by atoms with van der Waals surface area (Å²) in [6, 6.07) is 2.05. The number of rotatable bonds is 4. The third kappa shape index (κ3) is 2.26. The van der Waals surface area contributed by atoms with Crippen LogP contribution < -0.4 is 4.72 Å². The molecule has 4 aliphatic carbocycles. The van der Waals surface area contributed by atoms with Crippen LogP contribution in [0.1, 0.15) is 57.2 Å². The van der Waals surface area contributed by atoms with Crippen LogP contribution in [0.5, 0.6) is 0 Å². The minimum absolute atomic E-state index is 0.0325. The topological polar surface area (TPSA) is 92.2 Å². The molecule has 0 spiro atoms. The van der Waals surface area contributed by atoms with Crippen molar-refractivity contribution in [2.45, 2.75) is 67.6 Å². The van der Waals surface area contributed by atoms with Gasteiger partial charge in [-0.15, -0.1) is 0 Å². The average Bonchev–Trinajstić information content (AvgIpc) is 3.27. The van der Waals surface area contributed by atoms with Gasteiger partial charge in [0.25, 0.3) is 0 Å². The fourth-order valence-electron chi connectivity index (χ4n) is 5.29. The summed E-state index contributed by atoms with van der Waals surface area (Å²) < 4.78 is 30.4. The van der Waals surface area contributed by atoms with Gasteiger partial charge < -0.3 is 4.98 Å². The predicted octanol–water partition coefficient (Wildman–Crippen LogP) is 2.64. The fraction of sp³-hybridized carbons (Fsp3) is 0.579. The highest BCUT2D eigenvalue weighted by Gasteiger charge is 2.53. The summed E-state index contributed by atoms with van der Waals surface area (Å²) in [5.74, 6) is 1.11. The van der Waals surface area contributed by atoms with Crippen molar-refractivity contribution in [3.05, 3.63) is 30.5 Å². The smallest absolute Gasteiger partial charge is 0.214 e. The van der Waals surface area contributed by atoms with Crippen LogP contribution in [-0.4, -0.2) is 38.6 Å². The highest BCUT2D eigenvalue weighted by atomic mass is 32.2. The summed E-state index contributed by atoms with van der Waals surface area (Å²) in [5.41, 5.74) is 2.75. The number of nitrogens with zero attached hydrogens (tertiary/aromatic N) is 3. The van der Waals surface area contributed by atoms with Crippen LogP contribution in [0.4, 0.5) is 0 Å². The summed E-state index contributed by atoms with van der Waals surface area (Å²) in [6.07, 6.45) is 13.0. The Labute approximate surface area is 157 Å². The van der Waals surface area contributed by atoms with E-state index in [0.29, 0.717) is 0 Å². The van der Waals surface area contributed by atoms with Crippen molar-refractivity contribution in [1.29, 1.82) is 0 Å². The maximum absolute atomic E-state index is 12.5. The van der Waals surface area contributed by atoms with Gasteiger partial charge in [0.1, 0.15) is 5.82 Å². The first-order valence-electron chi connectivity index (χ1n) is 9.83. The SMILES string of the molecule is O=S(=O)(NC12CCC(c3ncc4cnc5[nH]ccc5n34)(CC1)CC2)C1CC1. The molecule has 3 heterocycles. The van der Waals surface area contributed by atoms with E-state index in [1.54, 1.807) is 0 Å². The van der Waals surface area contributed by atoms with E-state index in [2.05, 4.69) is 25.2 Å². The summed E-state index contributed by atoms with van der Waals surface area (Å²) in [7, 11) is -3.15. The van der Waals surface area contributed by atoms with Crippen LogP contribution in [0.15, 0.2) is 24.7 Å². The molecule has 0 radical (unpaired) electrons. The third-order valence-corrected chi connectivity index (χ3v) is 9.17. The lowest BCUT2D eigenvalue weighted by atomic mass is 9.57. The second-order valence-corrected chi connectivity index (χ2v) is 10.7. The molecule has 2 N–H and O–H groups in total. The van der Waals surface area contributed by atoms with Crippen molar-refractivity contribution in [3.63, 3.8) is 0 Å². The molecule has 0 aliphatic heterocycles. The van der Waals surface area contributed by atoms with Gasteiger partial charge >= 0.3 is 0 Å². The van der Waals surface area contributed by atoms with E-state index in [9.17, 15) is 8.42 Å². The molecule has 7 rings (SSSR count). The summed E-state index contributed by atoms with van der Waals surface area (Å²) in [5, 5.41) is -0.147. The van der Waals surface area contributed by atoms with Gasteiger partial charge in [-0.2, -0.15) is 0 Å². The molecular formula is C19H23N5O2S. The van der Waals surface area contributed by atoms with E-state index in [1.807, 2.05) is 18.6 Å². The molecule has 0 aromatic carbocycles. The maximum Gasteiger partial charge on any atom is 0.214 e. The van der Waals surface area contributed by atoms with Crippen molar-refractivity contribution in [2.24, 2.45) is 0 Å². The van der Waals surface area contributed by atoms with Crippen molar-refractivity contribution in [2.75, 3.05) is 0 Å². The van der Waals surface area contributed by atoms with E-state index in [0.717, 1.165) is 73.9 Å². The molecule has 0 amide bonds. The molecule has 27 heavy (non-hydrogen) atoms. The molecule has 0 unspecified atom stereocenters. The Hall–Kier alpha value is -1.93. The van der Waals surface area contributed by atoms with Crippen molar-refractivity contribution >= 4 is 26.7 Å². The zero-order valence-electron chi connectivity index (χ0n) is 15.1. The zero-order chi connectivity index (χ0) is 18.3. The van der Waals surface area contributed by atoms with Gasteiger partial charge in [0, 0.05) is 17.2 Å². The number of imidazole rings is 1. The van der Waals surface area contributed by atoms with E-state index < -0.39 is 10.0 Å². The van der Waals surface area contributed by atoms with E-state index in [-0.39, 0.29) is 16.2 Å².